The summed E-state index contributed by atoms with van der Waals surface area (Å²) >= 11 is 0. The fourth-order valence-corrected chi connectivity index (χ4v) is 1.84. The highest BCUT2D eigenvalue weighted by atomic mass is 16.6. The van der Waals surface area contributed by atoms with E-state index in [4.69, 9.17) is 9.47 Å². The molecule has 0 radical (unpaired) electrons. The summed E-state index contributed by atoms with van der Waals surface area (Å²) in [5, 5.41) is 3.87. The second-order valence-corrected chi connectivity index (χ2v) is 4.38. The first-order chi connectivity index (χ1) is 10.3. The molecule has 0 aliphatic carbocycles. The molecular weight excluding hydrogens is 270 g/mol. The molecule has 0 saturated carbocycles. The van der Waals surface area contributed by atoms with Crippen LogP contribution in [0.1, 0.15) is 5.56 Å². The second-order valence-electron chi connectivity index (χ2n) is 4.38. The number of nitrogens with one attached hydrogen (secondary N) is 1. The van der Waals surface area contributed by atoms with E-state index in [-0.39, 0.29) is 12.5 Å². The highest BCUT2D eigenvalue weighted by Gasteiger charge is 2.26. The minimum Gasteiger partial charge on any atom is -0.485 e. The van der Waals surface area contributed by atoms with Gasteiger partial charge in [0.15, 0.2) is 11.5 Å². The second kappa shape index (κ2) is 6.04. The Labute approximate surface area is 121 Å². The van der Waals surface area contributed by atoms with Crippen LogP contribution in [0.5, 0.6) is 11.5 Å². The Morgan fingerprint density at radius 2 is 2.14 bits per heavy atom. The minimum absolute atomic E-state index is 0.158. The third-order valence-corrected chi connectivity index (χ3v) is 2.87. The average Bonchev–Trinajstić information content (AvgIpc) is 2.55. The fraction of sp³-hybridized carbons (Fsp3) is 0.133. The smallest absolute Gasteiger partial charge is 0.284 e. The zero-order valence-corrected chi connectivity index (χ0v) is 11.1. The molecule has 1 aromatic heterocycles. The third kappa shape index (κ3) is 3.17. The number of pyridine rings is 1. The molecule has 1 unspecified atom stereocenters. The van der Waals surface area contributed by atoms with Gasteiger partial charge in [0.05, 0.1) is 6.21 Å². The highest BCUT2D eigenvalue weighted by molar-refractivity contribution is 5.84. The molecule has 0 saturated heterocycles. The van der Waals surface area contributed by atoms with E-state index in [1.165, 1.54) is 6.21 Å². The van der Waals surface area contributed by atoms with Gasteiger partial charge in [-0.3, -0.25) is 9.78 Å². The Balaban J connectivity index is 1.59. The van der Waals surface area contributed by atoms with Crippen LogP contribution in [0.25, 0.3) is 0 Å². The zero-order valence-electron chi connectivity index (χ0n) is 11.1. The predicted octanol–water partition coefficient (Wildman–Crippen LogP) is 1.37. The van der Waals surface area contributed by atoms with Gasteiger partial charge in [-0.25, -0.2) is 5.43 Å². The molecule has 6 heteroatoms. The molecule has 0 spiro atoms. The molecule has 2 heterocycles. The van der Waals surface area contributed by atoms with E-state index in [0.717, 1.165) is 5.56 Å². The molecule has 0 bridgehead atoms. The van der Waals surface area contributed by atoms with Crippen LogP contribution in [-0.4, -0.2) is 29.8 Å². The molecule has 0 fully saturated rings. The van der Waals surface area contributed by atoms with E-state index in [0.29, 0.717) is 11.5 Å². The number of fused-ring (bicyclic) bond motifs is 1. The van der Waals surface area contributed by atoms with Crippen molar-refractivity contribution in [3.05, 3.63) is 54.4 Å². The van der Waals surface area contributed by atoms with Crippen LogP contribution >= 0.6 is 0 Å². The number of hydrogen-bond donors (Lipinski definition) is 1. The topological polar surface area (TPSA) is 72.8 Å². The number of para-hydroxylation sites is 2. The number of hydrazone groups is 1. The fourth-order valence-electron chi connectivity index (χ4n) is 1.84. The lowest BCUT2D eigenvalue weighted by Crippen LogP contribution is -2.42. The summed E-state index contributed by atoms with van der Waals surface area (Å²) in [6, 6.07) is 10.8. The average molecular weight is 283 g/mol. The van der Waals surface area contributed by atoms with Crippen LogP contribution in [0, 0.1) is 0 Å². The summed E-state index contributed by atoms with van der Waals surface area (Å²) in [5.74, 6) is 0.838. The molecule has 1 aliphatic rings. The van der Waals surface area contributed by atoms with E-state index in [1.807, 2.05) is 18.2 Å². The van der Waals surface area contributed by atoms with Gasteiger partial charge in [-0.2, -0.15) is 5.10 Å². The molecule has 3 rings (SSSR count). The van der Waals surface area contributed by atoms with Crippen LogP contribution in [-0.2, 0) is 4.79 Å². The van der Waals surface area contributed by atoms with Crippen molar-refractivity contribution in [2.24, 2.45) is 5.10 Å². The lowest BCUT2D eigenvalue weighted by Gasteiger charge is -2.24. The van der Waals surface area contributed by atoms with Crippen molar-refractivity contribution in [3.8, 4) is 11.5 Å². The Hall–Kier alpha value is -2.89. The molecule has 1 amide bonds. The van der Waals surface area contributed by atoms with Gasteiger partial charge in [0.2, 0.25) is 6.10 Å². The Morgan fingerprint density at radius 1 is 1.29 bits per heavy atom. The Bertz CT molecular complexity index is 658. The van der Waals surface area contributed by atoms with E-state index in [1.54, 1.807) is 30.6 Å². The maximum absolute atomic E-state index is 12.0. The first kappa shape index (κ1) is 13.1. The van der Waals surface area contributed by atoms with E-state index < -0.39 is 6.10 Å². The first-order valence-electron chi connectivity index (χ1n) is 6.44. The maximum atomic E-state index is 12.0. The summed E-state index contributed by atoms with van der Waals surface area (Å²) in [5.41, 5.74) is 3.22. The summed E-state index contributed by atoms with van der Waals surface area (Å²) in [4.78, 5) is 15.9. The van der Waals surface area contributed by atoms with Crippen molar-refractivity contribution >= 4 is 12.1 Å². The van der Waals surface area contributed by atoms with Gasteiger partial charge in [0, 0.05) is 18.0 Å². The lowest BCUT2D eigenvalue weighted by molar-refractivity contribution is -0.130. The molecule has 1 N–H and O–H groups in total. The monoisotopic (exact) mass is 283 g/mol. The van der Waals surface area contributed by atoms with Crippen molar-refractivity contribution in [2.75, 3.05) is 6.61 Å². The summed E-state index contributed by atoms with van der Waals surface area (Å²) in [6.45, 7) is 0.158. The number of carbonyl (C=O) groups excluding carboxylic acids is 1. The highest BCUT2D eigenvalue weighted by Crippen LogP contribution is 2.30. The number of amides is 1. The SMILES string of the molecule is O=C(N/N=C/c1cccnc1)C1COc2ccccc2O1. The number of nitrogens with zero attached hydrogens (tertiary/aromatic N) is 2. The standard InChI is InChI=1S/C15H13N3O3/c19-15(18-17-9-11-4-3-7-16-8-11)14-10-20-12-5-1-2-6-13(12)21-14/h1-9,14H,10H2,(H,18,19)/b17-9+. The number of ether oxygens (including phenoxy) is 2. The van der Waals surface area contributed by atoms with Crippen molar-refractivity contribution in [3.63, 3.8) is 0 Å². The molecule has 1 aliphatic heterocycles. The third-order valence-electron chi connectivity index (χ3n) is 2.87. The Kier molecular flexibility index (Phi) is 3.77. The van der Waals surface area contributed by atoms with Crippen LogP contribution in [0.3, 0.4) is 0 Å². The van der Waals surface area contributed by atoms with Gasteiger partial charge in [-0.15, -0.1) is 0 Å². The van der Waals surface area contributed by atoms with E-state index in [9.17, 15) is 4.79 Å². The van der Waals surface area contributed by atoms with Gasteiger partial charge in [-0.1, -0.05) is 18.2 Å². The quantitative estimate of drug-likeness (QED) is 0.682. The number of hydrogen-bond acceptors (Lipinski definition) is 5. The molecule has 1 atom stereocenters. The number of rotatable bonds is 3. The van der Waals surface area contributed by atoms with Crippen molar-refractivity contribution < 1.29 is 14.3 Å². The molecule has 6 nitrogen and oxygen atoms in total. The molecule has 21 heavy (non-hydrogen) atoms. The largest absolute Gasteiger partial charge is 0.485 e. The number of benzene rings is 1. The maximum Gasteiger partial charge on any atom is 0.284 e. The zero-order chi connectivity index (χ0) is 14.5. The van der Waals surface area contributed by atoms with Crippen LogP contribution in [0.2, 0.25) is 0 Å². The van der Waals surface area contributed by atoms with Crippen molar-refractivity contribution in [2.45, 2.75) is 6.10 Å². The summed E-state index contributed by atoms with van der Waals surface area (Å²) in [6.07, 6.45) is 4.11. The lowest BCUT2D eigenvalue weighted by atomic mass is 10.2. The van der Waals surface area contributed by atoms with Crippen molar-refractivity contribution in [1.82, 2.24) is 10.4 Å². The van der Waals surface area contributed by atoms with Gasteiger partial charge >= 0.3 is 0 Å². The van der Waals surface area contributed by atoms with Crippen molar-refractivity contribution in [1.29, 1.82) is 0 Å². The van der Waals surface area contributed by atoms with Gasteiger partial charge in [0.25, 0.3) is 5.91 Å². The molecular formula is C15H13N3O3. The minimum atomic E-state index is -0.717. The molecule has 1 aromatic carbocycles. The van der Waals surface area contributed by atoms with E-state index >= 15 is 0 Å². The molecule has 2 aromatic rings. The molecule has 106 valence electrons. The van der Waals surface area contributed by atoms with Crippen LogP contribution < -0.4 is 14.9 Å². The summed E-state index contributed by atoms with van der Waals surface area (Å²) in [7, 11) is 0. The van der Waals surface area contributed by atoms with Crippen LogP contribution in [0.4, 0.5) is 0 Å². The van der Waals surface area contributed by atoms with Gasteiger partial charge < -0.3 is 9.47 Å². The van der Waals surface area contributed by atoms with Crippen LogP contribution in [0.15, 0.2) is 53.9 Å². The van der Waals surface area contributed by atoms with E-state index in [2.05, 4.69) is 15.5 Å². The number of carbonyl (C=O) groups is 1. The number of aromatic nitrogens is 1. The predicted molar refractivity (Wildman–Crippen MR) is 76.3 cm³/mol. The summed E-state index contributed by atoms with van der Waals surface area (Å²) < 4.78 is 11.0. The normalized spacial score (nSPS) is 16.7. The first-order valence-corrected chi connectivity index (χ1v) is 6.44. The van der Waals surface area contributed by atoms with Gasteiger partial charge in [0.1, 0.15) is 6.61 Å². The van der Waals surface area contributed by atoms with Gasteiger partial charge in [-0.05, 0) is 18.2 Å². The Morgan fingerprint density at radius 3 is 2.95 bits per heavy atom.